The highest BCUT2D eigenvalue weighted by molar-refractivity contribution is 7.89. The van der Waals surface area contributed by atoms with Crippen molar-refractivity contribution in [2.45, 2.75) is 70.7 Å². The molecule has 4 amide bonds. The summed E-state index contributed by atoms with van der Waals surface area (Å²) >= 11 is 1.52. The first kappa shape index (κ1) is 37.0. The van der Waals surface area contributed by atoms with E-state index in [0.29, 0.717) is 31.7 Å². The maximum absolute atomic E-state index is 14.0. The first-order valence-electron chi connectivity index (χ1n) is 16.1. The van der Waals surface area contributed by atoms with E-state index in [1.807, 2.05) is 70.3 Å². The zero-order valence-corrected chi connectivity index (χ0v) is 29.7. The lowest BCUT2D eigenvalue weighted by Gasteiger charge is -2.34. The fraction of sp³-hybridized carbons (Fsp3) is 0.471. The zero-order chi connectivity index (χ0) is 35.0. The lowest BCUT2D eigenvalue weighted by atomic mass is 9.97. The number of carbonyl (C=O) groups excluding carboxylic acids is 3. The number of aliphatic hydroxyl groups excluding tert-OH is 1. The van der Waals surface area contributed by atoms with Gasteiger partial charge >= 0.3 is 6.03 Å². The number of amides is 4. The third-order valence-corrected chi connectivity index (χ3v) is 10.8. The predicted octanol–water partition coefficient (Wildman–Crippen LogP) is 3.72. The number of nitrogens with zero attached hydrogens (tertiary/aromatic N) is 4. The molecule has 1 aromatic heterocycles. The van der Waals surface area contributed by atoms with E-state index in [1.165, 1.54) is 39.9 Å². The minimum atomic E-state index is -4.06. The molecule has 260 valence electrons. The number of aliphatic hydroxyl groups is 1. The van der Waals surface area contributed by atoms with Crippen LogP contribution in [-0.2, 0) is 32.6 Å². The van der Waals surface area contributed by atoms with Gasteiger partial charge in [-0.05, 0) is 55.0 Å². The number of hydrogen-bond acceptors (Lipinski definition) is 8. The van der Waals surface area contributed by atoms with Crippen molar-refractivity contribution in [3.8, 4) is 0 Å². The van der Waals surface area contributed by atoms with Gasteiger partial charge in [0, 0.05) is 37.2 Å². The Morgan fingerprint density at radius 1 is 1.06 bits per heavy atom. The summed E-state index contributed by atoms with van der Waals surface area (Å²) in [6.07, 6.45) is -0.538. The maximum atomic E-state index is 14.0. The topological polar surface area (TPSA) is 152 Å². The van der Waals surface area contributed by atoms with Crippen molar-refractivity contribution in [3.63, 3.8) is 0 Å². The van der Waals surface area contributed by atoms with Gasteiger partial charge in [-0.25, -0.2) is 18.2 Å². The van der Waals surface area contributed by atoms with Crippen molar-refractivity contribution in [2.24, 2.45) is 11.8 Å². The summed E-state index contributed by atoms with van der Waals surface area (Å²) in [6.45, 7) is 10.5. The molecule has 2 aromatic carbocycles. The molecule has 12 nitrogen and oxygen atoms in total. The molecule has 1 aliphatic heterocycles. The average molecular weight is 699 g/mol. The van der Waals surface area contributed by atoms with Gasteiger partial charge < -0.3 is 25.5 Å². The molecule has 0 saturated carbocycles. The number of hydrogen-bond donors (Lipinski definition) is 3. The van der Waals surface area contributed by atoms with E-state index in [1.54, 1.807) is 9.80 Å². The van der Waals surface area contributed by atoms with Gasteiger partial charge in [0.2, 0.25) is 22.3 Å². The Balaban J connectivity index is 1.56. The summed E-state index contributed by atoms with van der Waals surface area (Å²) in [7, 11) is -4.06. The van der Waals surface area contributed by atoms with Gasteiger partial charge in [0.25, 0.3) is 0 Å². The third-order valence-electron chi connectivity index (χ3n) is 8.15. The Labute approximate surface area is 287 Å². The molecule has 4 rings (SSSR count). The van der Waals surface area contributed by atoms with Crippen molar-refractivity contribution in [3.05, 3.63) is 76.2 Å². The Kier molecular flexibility index (Phi) is 12.7. The number of thiazole rings is 1. The minimum Gasteiger partial charge on any atom is -0.390 e. The molecule has 0 bridgehead atoms. The molecule has 2 heterocycles. The molecular weight excluding hydrogens is 653 g/mol. The van der Waals surface area contributed by atoms with Crippen LogP contribution in [0.15, 0.2) is 64.9 Å². The van der Waals surface area contributed by atoms with Crippen LogP contribution in [0, 0.1) is 18.8 Å². The monoisotopic (exact) mass is 698 g/mol. The summed E-state index contributed by atoms with van der Waals surface area (Å²) in [5, 5.41) is 20.1. The van der Waals surface area contributed by atoms with Crippen LogP contribution in [0.3, 0.4) is 0 Å². The van der Waals surface area contributed by atoms with Gasteiger partial charge in [-0.3, -0.25) is 9.59 Å². The molecular formula is C34H46N6O6S2. The molecule has 1 aliphatic rings. The molecule has 3 atom stereocenters. The highest BCUT2D eigenvalue weighted by Crippen LogP contribution is 2.24. The highest BCUT2D eigenvalue weighted by atomic mass is 32.2. The summed E-state index contributed by atoms with van der Waals surface area (Å²) in [4.78, 5) is 46.1. The summed E-state index contributed by atoms with van der Waals surface area (Å²) in [5.41, 5.74) is 2.10. The fourth-order valence-corrected chi connectivity index (χ4v) is 8.09. The van der Waals surface area contributed by atoms with Crippen molar-refractivity contribution in [1.82, 2.24) is 24.4 Å². The van der Waals surface area contributed by atoms with Gasteiger partial charge in [-0.1, -0.05) is 58.0 Å². The van der Waals surface area contributed by atoms with E-state index >= 15 is 0 Å². The Hall–Kier alpha value is -3.85. The fourth-order valence-electron chi connectivity index (χ4n) is 5.86. The van der Waals surface area contributed by atoms with Gasteiger partial charge in [0.1, 0.15) is 6.04 Å². The number of aromatic nitrogens is 1. The quantitative estimate of drug-likeness (QED) is 0.182. The molecule has 0 unspecified atom stereocenters. The number of urea groups is 1. The van der Waals surface area contributed by atoms with E-state index in [2.05, 4.69) is 15.6 Å². The van der Waals surface area contributed by atoms with Gasteiger partial charge in [0.05, 0.1) is 34.3 Å². The molecule has 0 spiro atoms. The lowest BCUT2D eigenvalue weighted by Crippen LogP contribution is -2.57. The van der Waals surface area contributed by atoms with E-state index in [4.69, 9.17) is 0 Å². The normalized spacial score (nSPS) is 15.6. The molecule has 48 heavy (non-hydrogen) atoms. The summed E-state index contributed by atoms with van der Waals surface area (Å²) in [5.74, 6) is -0.714. The van der Waals surface area contributed by atoms with Gasteiger partial charge in [0.15, 0.2) is 0 Å². The van der Waals surface area contributed by atoms with E-state index in [0.717, 1.165) is 16.3 Å². The Morgan fingerprint density at radius 2 is 1.75 bits per heavy atom. The van der Waals surface area contributed by atoms with E-state index in [-0.39, 0.29) is 42.3 Å². The van der Waals surface area contributed by atoms with E-state index in [9.17, 15) is 27.9 Å². The van der Waals surface area contributed by atoms with Crippen molar-refractivity contribution < 1.29 is 27.9 Å². The van der Waals surface area contributed by atoms with Crippen LogP contribution in [-0.4, -0.2) is 95.3 Å². The second kappa shape index (κ2) is 16.5. The average Bonchev–Trinajstić information content (AvgIpc) is 3.61. The first-order valence-corrected chi connectivity index (χ1v) is 18.4. The summed E-state index contributed by atoms with van der Waals surface area (Å²) < 4.78 is 28.9. The predicted molar refractivity (Wildman–Crippen MR) is 186 cm³/mol. The molecule has 1 saturated heterocycles. The largest absolute Gasteiger partial charge is 0.390 e. The smallest absolute Gasteiger partial charge is 0.321 e. The second-order valence-electron chi connectivity index (χ2n) is 12.8. The Morgan fingerprint density at radius 3 is 2.33 bits per heavy atom. The summed E-state index contributed by atoms with van der Waals surface area (Å²) in [6, 6.07) is 13.2. The minimum absolute atomic E-state index is 0.0141. The number of sulfonamides is 1. The SMILES string of the molecule is Cc1nc(CN2CCN([C@H](C(=O)N[C@@H](Cc3ccccc3)[C@H](O)CN(CC(C)C)S(=O)(=O)c3ccc(NC=O)cc3)C(C)C)C2=O)cs1. The number of benzene rings is 2. The number of carbonyl (C=O) groups is 3. The van der Waals surface area contributed by atoms with Crippen molar-refractivity contribution in [1.29, 1.82) is 0 Å². The molecule has 14 heteroatoms. The van der Waals surface area contributed by atoms with Crippen molar-refractivity contribution in [2.75, 3.05) is 31.5 Å². The maximum Gasteiger partial charge on any atom is 0.321 e. The standard InChI is InChI=1S/C34H46N6O6S2/c1-23(2)18-39(48(45,46)29-13-11-27(12-14-29)35-22-41)20-31(42)30(17-26-9-7-6-8-10-26)37-33(43)32(24(3)4)40-16-15-38(34(40)44)19-28-21-47-25(5)36-28/h6-14,21-24,30-32,42H,15-20H2,1-5H3,(H,35,41)(H,37,43)/t30-,31+,32-/m0/s1. The highest BCUT2D eigenvalue weighted by Gasteiger charge is 2.40. The second-order valence-corrected chi connectivity index (χ2v) is 15.8. The van der Waals surface area contributed by atoms with Crippen LogP contribution < -0.4 is 10.6 Å². The number of aryl methyl sites for hydroxylation is 1. The number of rotatable bonds is 17. The van der Waals surface area contributed by atoms with Crippen LogP contribution >= 0.6 is 11.3 Å². The van der Waals surface area contributed by atoms with Gasteiger partial charge in [-0.2, -0.15) is 4.31 Å². The van der Waals surface area contributed by atoms with Crippen LogP contribution in [0.4, 0.5) is 10.5 Å². The third kappa shape index (κ3) is 9.40. The Bertz CT molecular complexity index is 1630. The van der Waals surface area contributed by atoms with Crippen LogP contribution in [0.5, 0.6) is 0 Å². The molecule has 3 N–H and O–H groups in total. The van der Waals surface area contributed by atoms with Crippen LogP contribution in [0.25, 0.3) is 0 Å². The van der Waals surface area contributed by atoms with Gasteiger partial charge in [-0.15, -0.1) is 11.3 Å². The molecule has 0 radical (unpaired) electrons. The number of nitrogens with one attached hydrogen (secondary N) is 2. The van der Waals surface area contributed by atoms with E-state index < -0.39 is 34.1 Å². The van der Waals surface area contributed by atoms with Crippen LogP contribution in [0.2, 0.25) is 0 Å². The molecule has 1 fully saturated rings. The number of anilines is 1. The van der Waals surface area contributed by atoms with Crippen LogP contribution in [0.1, 0.15) is 44.0 Å². The molecule has 3 aromatic rings. The zero-order valence-electron chi connectivity index (χ0n) is 28.1. The van der Waals surface area contributed by atoms with Crippen molar-refractivity contribution >= 4 is 45.4 Å². The molecule has 0 aliphatic carbocycles. The first-order chi connectivity index (χ1) is 22.8. The lowest BCUT2D eigenvalue weighted by molar-refractivity contribution is -0.128.